The van der Waals surface area contributed by atoms with Crippen molar-refractivity contribution in [1.29, 1.82) is 5.26 Å². The molecule has 0 atom stereocenters. The summed E-state index contributed by atoms with van der Waals surface area (Å²) in [7, 11) is 0. The van der Waals surface area contributed by atoms with E-state index >= 15 is 0 Å². The average molecular weight is 348 g/mol. The number of rotatable bonds is 5. The zero-order valence-electron chi connectivity index (χ0n) is 15.3. The third-order valence-corrected chi connectivity index (χ3v) is 4.95. The smallest absolute Gasteiger partial charge is 0.235 e. The Morgan fingerprint density at radius 2 is 1.85 bits per heavy atom. The number of anilines is 1. The van der Waals surface area contributed by atoms with Gasteiger partial charge in [-0.05, 0) is 44.4 Å². The van der Waals surface area contributed by atoms with Crippen LogP contribution in [-0.2, 0) is 10.2 Å². The first-order valence-electron chi connectivity index (χ1n) is 9.13. The predicted molar refractivity (Wildman–Crippen MR) is 102 cm³/mol. The fraction of sp³-hybridized carbons (Fsp3) is 0.364. The van der Waals surface area contributed by atoms with Crippen molar-refractivity contribution in [3.8, 4) is 11.8 Å². The van der Waals surface area contributed by atoms with Crippen molar-refractivity contribution in [2.24, 2.45) is 0 Å². The largest absolute Gasteiger partial charge is 0.491 e. The van der Waals surface area contributed by atoms with Gasteiger partial charge in [0.25, 0.3) is 0 Å². The molecule has 1 amide bonds. The van der Waals surface area contributed by atoms with E-state index in [4.69, 9.17) is 4.74 Å². The van der Waals surface area contributed by atoms with Crippen molar-refractivity contribution in [3.05, 3.63) is 59.7 Å². The highest BCUT2D eigenvalue weighted by atomic mass is 16.5. The highest BCUT2D eigenvalue weighted by Crippen LogP contribution is 2.42. The van der Waals surface area contributed by atoms with E-state index in [1.165, 1.54) is 0 Å². The van der Waals surface area contributed by atoms with Gasteiger partial charge in [-0.3, -0.25) is 4.79 Å². The summed E-state index contributed by atoms with van der Waals surface area (Å²) in [6, 6.07) is 17.3. The SMILES string of the molecule is CC(C)Oc1ccc(NC(=O)C2(c3ccccc3)CCCC2)c(C#N)c1. The third-order valence-electron chi connectivity index (χ3n) is 4.95. The second-order valence-corrected chi connectivity index (χ2v) is 7.10. The molecule has 1 fully saturated rings. The van der Waals surface area contributed by atoms with Crippen molar-refractivity contribution in [2.45, 2.75) is 51.0 Å². The number of amides is 1. The molecule has 26 heavy (non-hydrogen) atoms. The normalized spacial score (nSPS) is 15.5. The quantitative estimate of drug-likeness (QED) is 0.844. The van der Waals surface area contributed by atoms with Crippen LogP contribution in [0.5, 0.6) is 5.75 Å². The lowest BCUT2D eigenvalue weighted by atomic mass is 9.78. The van der Waals surface area contributed by atoms with Crippen LogP contribution in [0, 0.1) is 11.3 Å². The summed E-state index contributed by atoms with van der Waals surface area (Å²) in [6.45, 7) is 3.87. The van der Waals surface area contributed by atoms with E-state index in [1.54, 1.807) is 18.2 Å². The molecule has 1 aliphatic carbocycles. The van der Waals surface area contributed by atoms with E-state index in [-0.39, 0.29) is 12.0 Å². The number of nitrogens with one attached hydrogen (secondary N) is 1. The number of hydrogen-bond donors (Lipinski definition) is 1. The number of benzene rings is 2. The van der Waals surface area contributed by atoms with Gasteiger partial charge in [0.2, 0.25) is 5.91 Å². The molecule has 1 N–H and O–H groups in total. The number of ether oxygens (including phenoxy) is 1. The summed E-state index contributed by atoms with van der Waals surface area (Å²) >= 11 is 0. The Morgan fingerprint density at radius 1 is 1.15 bits per heavy atom. The van der Waals surface area contributed by atoms with Gasteiger partial charge in [-0.15, -0.1) is 0 Å². The lowest BCUT2D eigenvalue weighted by molar-refractivity contribution is -0.121. The second kappa shape index (κ2) is 7.61. The number of hydrogen-bond acceptors (Lipinski definition) is 3. The molecular formula is C22H24N2O2. The molecule has 0 aliphatic heterocycles. The van der Waals surface area contributed by atoms with Crippen molar-refractivity contribution in [3.63, 3.8) is 0 Å². The first-order valence-corrected chi connectivity index (χ1v) is 9.13. The van der Waals surface area contributed by atoms with Gasteiger partial charge in [0, 0.05) is 6.07 Å². The van der Waals surface area contributed by atoms with Crippen LogP contribution in [0.3, 0.4) is 0 Å². The zero-order valence-corrected chi connectivity index (χ0v) is 15.3. The minimum Gasteiger partial charge on any atom is -0.491 e. The molecule has 1 saturated carbocycles. The molecule has 0 heterocycles. The van der Waals surface area contributed by atoms with E-state index in [0.29, 0.717) is 17.0 Å². The average Bonchev–Trinajstić information content (AvgIpc) is 3.14. The maximum atomic E-state index is 13.2. The second-order valence-electron chi connectivity index (χ2n) is 7.10. The Bertz CT molecular complexity index is 816. The van der Waals surface area contributed by atoms with E-state index in [1.807, 2.05) is 44.2 Å². The minimum absolute atomic E-state index is 0.0295. The Morgan fingerprint density at radius 3 is 2.46 bits per heavy atom. The van der Waals surface area contributed by atoms with Gasteiger partial charge >= 0.3 is 0 Å². The fourth-order valence-corrected chi connectivity index (χ4v) is 3.69. The highest BCUT2D eigenvalue weighted by molar-refractivity contribution is 6.00. The Labute approximate surface area is 154 Å². The van der Waals surface area contributed by atoms with Crippen LogP contribution in [0.15, 0.2) is 48.5 Å². The molecule has 4 heteroatoms. The molecule has 2 aromatic carbocycles. The summed E-state index contributed by atoms with van der Waals surface area (Å²) in [5.74, 6) is 0.600. The van der Waals surface area contributed by atoms with Gasteiger partial charge in [0.1, 0.15) is 11.8 Å². The number of carbonyl (C=O) groups excluding carboxylic acids is 1. The van der Waals surface area contributed by atoms with Crippen molar-refractivity contribution < 1.29 is 9.53 Å². The zero-order chi connectivity index (χ0) is 18.6. The molecule has 1 aliphatic rings. The van der Waals surface area contributed by atoms with Crippen LogP contribution in [0.4, 0.5) is 5.69 Å². The Balaban J connectivity index is 1.88. The molecule has 0 radical (unpaired) electrons. The van der Waals surface area contributed by atoms with Crippen LogP contribution in [0.1, 0.15) is 50.7 Å². The topological polar surface area (TPSA) is 62.1 Å². The lowest BCUT2D eigenvalue weighted by Crippen LogP contribution is -2.38. The predicted octanol–water partition coefficient (Wildman–Crippen LogP) is 4.80. The van der Waals surface area contributed by atoms with Crippen molar-refractivity contribution >= 4 is 11.6 Å². The summed E-state index contributed by atoms with van der Waals surface area (Å²) in [5.41, 5.74) is 1.49. The molecule has 0 aromatic heterocycles. The van der Waals surface area contributed by atoms with Gasteiger partial charge in [-0.25, -0.2) is 0 Å². The molecule has 3 rings (SSSR count). The first-order chi connectivity index (χ1) is 12.5. The number of carbonyl (C=O) groups is 1. The highest BCUT2D eigenvalue weighted by Gasteiger charge is 2.42. The van der Waals surface area contributed by atoms with Gasteiger partial charge < -0.3 is 10.1 Å². The molecule has 4 nitrogen and oxygen atoms in total. The van der Waals surface area contributed by atoms with Crippen LogP contribution in [0.25, 0.3) is 0 Å². The van der Waals surface area contributed by atoms with Crippen molar-refractivity contribution in [1.82, 2.24) is 0 Å². The first kappa shape index (κ1) is 18.0. The maximum Gasteiger partial charge on any atom is 0.235 e. The summed E-state index contributed by atoms with van der Waals surface area (Å²) < 4.78 is 5.64. The van der Waals surface area contributed by atoms with Gasteiger partial charge in [-0.1, -0.05) is 43.2 Å². The van der Waals surface area contributed by atoms with E-state index < -0.39 is 5.41 Å². The van der Waals surface area contributed by atoms with Gasteiger partial charge in [0.05, 0.1) is 22.8 Å². The lowest BCUT2D eigenvalue weighted by Gasteiger charge is -2.28. The molecule has 134 valence electrons. The van der Waals surface area contributed by atoms with E-state index in [0.717, 1.165) is 31.2 Å². The van der Waals surface area contributed by atoms with Crippen LogP contribution >= 0.6 is 0 Å². The summed E-state index contributed by atoms with van der Waals surface area (Å²) in [6.07, 6.45) is 3.77. The molecule has 0 saturated heterocycles. The van der Waals surface area contributed by atoms with Gasteiger partial charge in [-0.2, -0.15) is 5.26 Å². The molecular weight excluding hydrogens is 324 g/mol. The van der Waals surface area contributed by atoms with Gasteiger partial charge in [0.15, 0.2) is 0 Å². The van der Waals surface area contributed by atoms with Crippen LogP contribution in [0.2, 0.25) is 0 Å². The third kappa shape index (κ3) is 3.57. The Kier molecular flexibility index (Phi) is 5.27. The number of nitriles is 1. The fourth-order valence-electron chi connectivity index (χ4n) is 3.69. The molecule has 0 unspecified atom stereocenters. The van der Waals surface area contributed by atoms with Crippen LogP contribution in [-0.4, -0.2) is 12.0 Å². The minimum atomic E-state index is -0.513. The molecule has 0 bridgehead atoms. The Hall–Kier alpha value is -2.80. The molecule has 0 spiro atoms. The summed E-state index contributed by atoms with van der Waals surface area (Å²) in [5, 5.41) is 12.5. The number of nitrogens with zero attached hydrogens (tertiary/aromatic N) is 1. The van der Waals surface area contributed by atoms with E-state index in [2.05, 4.69) is 11.4 Å². The maximum absolute atomic E-state index is 13.2. The van der Waals surface area contributed by atoms with Crippen molar-refractivity contribution in [2.75, 3.05) is 5.32 Å². The molecule has 2 aromatic rings. The standard InChI is InChI=1S/C22H24N2O2/c1-16(2)26-19-10-11-20(17(14-19)15-23)24-21(25)22(12-6-7-13-22)18-8-4-3-5-9-18/h3-5,8-11,14,16H,6-7,12-13H2,1-2H3,(H,24,25). The van der Waals surface area contributed by atoms with E-state index in [9.17, 15) is 10.1 Å². The van der Waals surface area contributed by atoms with Crippen LogP contribution < -0.4 is 10.1 Å². The summed E-state index contributed by atoms with van der Waals surface area (Å²) in [4.78, 5) is 13.2. The monoisotopic (exact) mass is 348 g/mol.